The van der Waals surface area contributed by atoms with Gasteiger partial charge in [0, 0.05) is 11.6 Å². The van der Waals surface area contributed by atoms with Crippen LogP contribution in [0.25, 0.3) is 0 Å². The van der Waals surface area contributed by atoms with E-state index in [4.69, 9.17) is 14.7 Å². The number of hydrogen-bond donors (Lipinski definition) is 0. The van der Waals surface area contributed by atoms with E-state index in [1.165, 1.54) is 0 Å². The molecule has 0 aliphatic heterocycles. The first kappa shape index (κ1) is 12.0. The number of nitriles is 1. The molecule has 1 atom stereocenters. The van der Waals surface area contributed by atoms with Crippen molar-refractivity contribution in [1.82, 2.24) is 0 Å². The van der Waals surface area contributed by atoms with E-state index in [-0.39, 0.29) is 6.10 Å². The van der Waals surface area contributed by atoms with Crippen molar-refractivity contribution in [2.45, 2.75) is 13.0 Å². The number of nitrogens with zero attached hydrogens (tertiary/aromatic N) is 1. The van der Waals surface area contributed by atoms with Gasteiger partial charge in [0.1, 0.15) is 11.9 Å². The van der Waals surface area contributed by atoms with Crippen LogP contribution >= 0.6 is 15.9 Å². The summed E-state index contributed by atoms with van der Waals surface area (Å²) in [6, 6.07) is 7.35. The normalized spacial score (nSPS) is 11.9. The van der Waals surface area contributed by atoms with Gasteiger partial charge in [-0.2, -0.15) is 5.26 Å². The fourth-order valence-corrected chi connectivity index (χ4v) is 1.67. The molecule has 3 nitrogen and oxygen atoms in total. The molecular weight excluding hydrogens is 258 g/mol. The van der Waals surface area contributed by atoms with Crippen molar-refractivity contribution in [3.8, 4) is 11.8 Å². The van der Waals surface area contributed by atoms with E-state index in [0.717, 1.165) is 4.47 Å². The van der Waals surface area contributed by atoms with Crippen LogP contribution in [0.15, 0.2) is 22.7 Å². The third kappa shape index (κ3) is 3.90. The van der Waals surface area contributed by atoms with Crippen molar-refractivity contribution in [2.24, 2.45) is 0 Å². The molecule has 0 bridgehead atoms. The number of ether oxygens (including phenoxy) is 2. The molecule has 1 unspecified atom stereocenters. The highest BCUT2D eigenvalue weighted by molar-refractivity contribution is 9.10. The SMILES string of the molecule is COCC(C)Oc1cc(Br)cc(C#N)c1. The summed E-state index contributed by atoms with van der Waals surface area (Å²) in [6.45, 7) is 2.44. The van der Waals surface area contributed by atoms with Crippen LogP contribution in [0.1, 0.15) is 12.5 Å². The van der Waals surface area contributed by atoms with E-state index in [2.05, 4.69) is 22.0 Å². The predicted molar refractivity (Wildman–Crippen MR) is 60.8 cm³/mol. The molecule has 4 heteroatoms. The molecule has 80 valence electrons. The van der Waals surface area contributed by atoms with Crippen molar-refractivity contribution < 1.29 is 9.47 Å². The third-order valence-electron chi connectivity index (χ3n) is 1.74. The summed E-state index contributed by atoms with van der Waals surface area (Å²) >= 11 is 3.32. The summed E-state index contributed by atoms with van der Waals surface area (Å²) in [5, 5.41) is 8.77. The molecule has 0 amide bonds. The summed E-state index contributed by atoms with van der Waals surface area (Å²) < 4.78 is 11.4. The minimum absolute atomic E-state index is 0.0316. The molecule has 1 aromatic rings. The van der Waals surface area contributed by atoms with Crippen LogP contribution in [0, 0.1) is 11.3 Å². The van der Waals surface area contributed by atoms with Crippen molar-refractivity contribution >= 4 is 15.9 Å². The lowest BCUT2D eigenvalue weighted by molar-refractivity contribution is 0.0920. The summed E-state index contributed by atoms with van der Waals surface area (Å²) in [6.07, 6.45) is -0.0316. The van der Waals surface area contributed by atoms with Gasteiger partial charge in [-0.15, -0.1) is 0 Å². The quantitative estimate of drug-likeness (QED) is 0.844. The Bertz CT molecular complexity index is 373. The number of halogens is 1. The Labute approximate surface area is 97.7 Å². The van der Waals surface area contributed by atoms with Crippen LogP contribution < -0.4 is 4.74 Å². The molecule has 0 fully saturated rings. The maximum absolute atomic E-state index is 8.77. The van der Waals surface area contributed by atoms with Crippen molar-refractivity contribution in [2.75, 3.05) is 13.7 Å². The van der Waals surface area contributed by atoms with Crippen molar-refractivity contribution in [3.63, 3.8) is 0 Å². The Morgan fingerprint density at radius 2 is 2.20 bits per heavy atom. The average Bonchev–Trinajstić information content (AvgIpc) is 2.17. The fraction of sp³-hybridized carbons (Fsp3) is 0.364. The Morgan fingerprint density at radius 3 is 2.80 bits per heavy atom. The van der Waals surface area contributed by atoms with Gasteiger partial charge in [-0.3, -0.25) is 0 Å². The van der Waals surface area contributed by atoms with Gasteiger partial charge in [-0.05, 0) is 25.1 Å². The predicted octanol–water partition coefficient (Wildman–Crippen LogP) is 2.73. The van der Waals surface area contributed by atoms with Gasteiger partial charge in [0.15, 0.2) is 0 Å². The van der Waals surface area contributed by atoms with Gasteiger partial charge in [0.2, 0.25) is 0 Å². The zero-order chi connectivity index (χ0) is 11.3. The minimum atomic E-state index is -0.0316. The minimum Gasteiger partial charge on any atom is -0.488 e. The maximum atomic E-state index is 8.77. The first-order valence-corrected chi connectivity index (χ1v) is 5.31. The second kappa shape index (κ2) is 5.74. The van der Waals surface area contributed by atoms with Gasteiger partial charge < -0.3 is 9.47 Å². The second-order valence-electron chi connectivity index (χ2n) is 3.17. The highest BCUT2D eigenvalue weighted by Crippen LogP contribution is 2.22. The van der Waals surface area contributed by atoms with Gasteiger partial charge in [-0.1, -0.05) is 15.9 Å². The van der Waals surface area contributed by atoms with E-state index < -0.39 is 0 Å². The molecule has 0 saturated carbocycles. The molecule has 0 aliphatic carbocycles. The van der Waals surface area contributed by atoms with Crippen LogP contribution in [-0.2, 0) is 4.74 Å². The largest absolute Gasteiger partial charge is 0.488 e. The van der Waals surface area contributed by atoms with Crippen molar-refractivity contribution in [3.05, 3.63) is 28.2 Å². The molecule has 0 radical (unpaired) electrons. The zero-order valence-corrected chi connectivity index (χ0v) is 10.2. The Morgan fingerprint density at radius 1 is 1.47 bits per heavy atom. The molecule has 0 saturated heterocycles. The van der Waals surface area contributed by atoms with Crippen molar-refractivity contribution in [1.29, 1.82) is 5.26 Å². The Kier molecular flexibility index (Phi) is 4.60. The van der Waals surface area contributed by atoms with Crippen LogP contribution in [-0.4, -0.2) is 19.8 Å². The molecule has 0 heterocycles. The number of methoxy groups -OCH3 is 1. The fourth-order valence-electron chi connectivity index (χ4n) is 1.20. The van der Waals surface area contributed by atoms with Crippen LogP contribution in [0.2, 0.25) is 0 Å². The van der Waals surface area contributed by atoms with Crippen LogP contribution in [0.3, 0.4) is 0 Å². The lowest BCUT2D eigenvalue weighted by Crippen LogP contribution is -2.17. The monoisotopic (exact) mass is 269 g/mol. The lowest BCUT2D eigenvalue weighted by Gasteiger charge is -2.13. The molecule has 0 aromatic heterocycles. The number of benzene rings is 1. The number of hydrogen-bond acceptors (Lipinski definition) is 3. The molecular formula is C11H12BrNO2. The molecule has 1 aromatic carbocycles. The van der Waals surface area contributed by atoms with Gasteiger partial charge >= 0.3 is 0 Å². The van der Waals surface area contributed by atoms with E-state index in [1.807, 2.05) is 13.0 Å². The van der Waals surface area contributed by atoms with Gasteiger partial charge in [-0.25, -0.2) is 0 Å². The summed E-state index contributed by atoms with van der Waals surface area (Å²) in [5.74, 6) is 0.672. The summed E-state index contributed by atoms with van der Waals surface area (Å²) in [4.78, 5) is 0. The second-order valence-corrected chi connectivity index (χ2v) is 4.09. The Hall–Kier alpha value is -1.05. The van der Waals surface area contributed by atoms with Crippen LogP contribution in [0.5, 0.6) is 5.75 Å². The number of rotatable bonds is 4. The lowest BCUT2D eigenvalue weighted by atomic mass is 10.2. The first-order valence-electron chi connectivity index (χ1n) is 4.52. The van der Waals surface area contributed by atoms with E-state index in [1.54, 1.807) is 19.2 Å². The standard InChI is InChI=1S/C11H12BrNO2/c1-8(7-14-2)15-11-4-9(6-13)3-10(12)5-11/h3-5,8H,7H2,1-2H3. The maximum Gasteiger partial charge on any atom is 0.122 e. The summed E-state index contributed by atoms with van der Waals surface area (Å²) in [5.41, 5.74) is 0.573. The molecule has 0 N–H and O–H groups in total. The van der Waals surface area contributed by atoms with Gasteiger partial charge in [0.25, 0.3) is 0 Å². The first-order chi connectivity index (χ1) is 7.15. The van der Waals surface area contributed by atoms with Gasteiger partial charge in [0.05, 0.1) is 18.2 Å². The highest BCUT2D eigenvalue weighted by atomic mass is 79.9. The zero-order valence-electron chi connectivity index (χ0n) is 8.66. The molecule has 1 rings (SSSR count). The highest BCUT2D eigenvalue weighted by Gasteiger charge is 2.05. The summed E-state index contributed by atoms with van der Waals surface area (Å²) in [7, 11) is 1.63. The average molecular weight is 270 g/mol. The smallest absolute Gasteiger partial charge is 0.122 e. The van der Waals surface area contributed by atoms with Crippen LogP contribution in [0.4, 0.5) is 0 Å². The van der Waals surface area contributed by atoms with E-state index >= 15 is 0 Å². The van der Waals surface area contributed by atoms with E-state index in [0.29, 0.717) is 17.9 Å². The topological polar surface area (TPSA) is 42.2 Å². The third-order valence-corrected chi connectivity index (χ3v) is 2.20. The molecule has 0 spiro atoms. The Balaban J connectivity index is 2.77. The molecule has 15 heavy (non-hydrogen) atoms. The van der Waals surface area contributed by atoms with E-state index in [9.17, 15) is 0 Å². The molecule has 0 aliphatic rings.